The summed E-state index contributed by atoms with van der Waals surface area (Å²) in [5.41, 5.74) is 5.52. The van der Waals surface area contributed by atoms with Crippen molar-refractivity contribution >= 4 is 51.3 Å². The van der Waals surface area contributed by atoms with Gasteiger partial charge in [-0.05, 0) is 13.8 Å². The Morgan fingerprint density at radius 2 is 0.875 bits per heavy atom. The summed E-state index contributed by atoms with van der Waals surface area (Å²) >= 11 is 1.08. The molecule has 248 valence electrons. The molecule has 3 heteroatoms. The summed E-state index contributed by atoms with van der Waals surface area (Å²) in [6, 6.07) is 53.2. The van der Waals surface area contributed by atoms with Crippen molar-refractivity contribution in [1.29, 1.82) is 0 Å². The van der Waals surface area contributed by atoms with E-state index in [1.807, 2.05) is 30.3 Å². The van der Waals surface area contributed by atoms with Crippen molar-refractivity contribution in [3.8, 4) is 0 Å². The van der Waals surface area contributed by atoms with Gasteiger partial charge in [-0.2, -0.15) is 18.2 Å². The van der Waals surface area contributed by atoms with E-state index in [0.29, 0.717) is 0 Å². The summed E-state index contributed by atoms with van der Waals surface area (Å²) in [6.07, 6.45) is 0. The maximum Gasteiger partial charge on any atom is -0.0469 e. The number of fused-ring (bicyclic) bond motifs is 3. The van der Waals surface area contributed by atoms with Gasteiger partial charge in [-0.15, -0.1) is 39.7 Å². The van der Waals surface area contributed by atoms with Crippen LogP contribution >= 0.6 is 0 Å². The maximum atomic E-state index is 2.45. The van der Waals surface area contributed by atoms with Crippen LogP contribution in [0.15, 0.2) is 121 Å². The van der Waals surface area contributed by atoms with Crippen LogP contribution in [0, 0.1) is 13.8 Å². The second kappa shape index (κ2) is 17.8. The molecular formula is C45H56HfSi2. The van der Waals surface area contributed by atoms with E-state index >= 15 is 0 Å². The van der Waals surface area contributed by atoms with E-state index in [-0.39, 0.29) is 0 Å². The molecule has 0 aromatic heterocycles. The second-order valence-corrected chi connectivity index (χ2v) is 25.8. The summed E-state index contributed by atoms with van der Waals surface area (Å²) in [7, 11) is -2.53. The molecular weight excluding hydrogens is 775 g/mol. The van der Waals surface area contributed by atoms with E-state index in [1.54, 1.807) is 10.4 Å². The third-order valence-electron chi connectivity index (χ3n) is 11.2. The molecule has 0 saturated carbocycles. The van der Waals surface area contributed by atoms with Gasteiger partial charge >= 0.3 is 191 Å². The predicted molar refractivity (Wildman–Crippen MR) is 218 cm³/mol. The Morgan fingerprint density at radius 3 is 1.17 bits per heavy atom. The van der Waals surface area contributed by atoms with Crippen molar-refractivity contribution in [2.45, 2.75) is 91.7 Å². The summed E-state index contributed by atoms with van der Waals surface area (Å²) in [6.45, 7) is 18.6. The molecule has 0 aliphatic heterocycles. The molecule has 0 heterocycles. The SMILES string of the molecule is CC[Si](CC)(CC)c1ccc([C](=[Hf+2])c2ccc([Si](CC)(CC)CC)cc2)cc1.Cc1ccc2c(c1)[cH-]c1cc(C)ccc12.c1cc[cH-]c1. The van der Waals surface area contributed by atoms with Gasteiger partial charge in [0.1, 0.15) is 0 Å². The zero-order chi connectivity index (χ0) is 34.7. The van der Waals surface area contributed by atoms with Crippen LogP contribution in [0.25, 0.3) is 21.5 Å². The molecule has 0 fully saturated rings. The van der Waals surface area contributed by atoms with Crippen LogP contribution in [-0.4, -0.2) is 19.4 Å². The molecule has 0 spiro atoms. The summed E-state index contributed by atoms with van der Waals surface area (Å²) in [5.74, 6) is 0. The molecule has 0 nitrogen and oxygen atoms in total. The smallest absolute Gasteiger partial charge is 0.0469 e. The largest absolute Gasteiger partial charge is 0.214 e. The van der Waals surface area contributed by atoms with E-state index in [9.17, 15) is 0 Å². The Labute approximate surface area is 308 Å². The monoisotopic (exact) mass is 832 g/mol. The van der Waals surface area contributed by atoms with Crippen molar-refractivity contribution in [2.24, 2.45) is 0 Å². The first-order chi connectivity index (χ1) is 23.2. The Balaban J connectivity index is 0.000000212. The van der Waals surface area contributed by atoms with Crippen molar-refractivity contribution < 1.29 is 23.9 Å². The molecule has 0 amide bonds. The van der Waals surface area contributed by atoms with E-state index in [1.165, 1.54) is 83.3 Å². The van der Waals surface area contributed by atoms with E-state index in [0.717, 1.165) is 23.9 Å². The van der Waals surface area contributed by atoms with Gasteiger partial charge in [0.15, 0.2) is 0 Å². The number of benzene rings is 4. The molecule has 6 aromatic rings. The van der Waals surface area contributed by atoms with Gasteiger partial charge in [0.25, 0.3) is 0 Å². The molecule has 6 rings (SSSR count). The summed E-state index contributed by atoms with van der Waals surface area (Å²) in [5, 5.41) is 8.76. The average molecular weight is 832 g/mol. The molecule has 0 saturated heterocycles. The zero-order valence-corrected chi connectivity index (χ0v) is 36.4. The van der Waals surface area contributed by atoms with Crippen LogP contribution in [0.4, 0.5) is 0 Å². The van der Waals surface area contributed by atoms with Crippen LogP contribution < -0.4 is 10.4 Å². The summed E-state index contributed by atoms with van der Waals surface area (Å²) in [4.78, 5) is 0. The number of rotatable bonds is 10. The fourth-order valence-corrected chi connectivity index (χ4v) is 15.8. The first kappa shape index (κ1) is 38.1. The van der Waals surface area contributed by atoms with Crippen molar-refractivity contribution in [2.75, 3.05) is 0 Å². The van der Waals surface area contributed by atoms with Crippen LogP contribution in [0.2, 0.25) is 36.3 Å². The number of aryl methyl sites for hydroxylation is 2. The molecule has 0 atom stereocenters. The van der Waals surface area contributed by atoms with Crippen LogP contribution in [0.3, 0.4) is 0 Å². The van der Waals surface area contributed by atoms with Gasteiger partial charge in [0.2, 0.25) is 0 Å². The molecule has 0 aliphatic carbocycles. The molecule has 0 aliphatic rings. The maximum absolute atomic E-state index is 2.45. The molecule has 0 N–H and O–H groups in total. The Bertz CT molecular complexity index is 1690. The molecule has 6 aromatic carbocycles. The fourth-order valence-electron chi connectivity index (χ4n) is 7.45. The minimum Gasteiger partial charge on any atom is -0.214 e. The molecule has 48 heavy (non-hydrogen) atoms. The quantitative estimate of drug-likeness (QED) is 0.0953. The van der Waals surface area contributed by atoms with E-state index < -0.39 is 16.1 Å². The van der Waals surface area contributed by atoms with E-state index in [2.05, 4.69) is 146 Å². The van der Waals surface area contributed by atoms with Crippen LogP contribution in [0.5, 0.6) is 0 Å². The standard InChI is InChI=1S/C25H38Si2.C15H13.C5H5.Hf/c1-7-26(8-2,9-3)24-17-13-22(14-18-24)21-23-15-19-25(20-16-23)27(10-4,11-5)12-6;1-10-3-5-14-12(7-10)9-13-8-11(2)4-6-15(13)14;1-2-4-5-3-1;/h13-20H,7-12H2,1-6H3;3-9H,1-2H3;1-5H;/q;2*-1;+2. The van der Waals surface area contributed by atoms with Crippen LogP contribution in [-0.2, 0) is 23.9 Å². The van der Waals surface area contributed by atoms with Crippen molar-refractivity contribution in [1.82, 2.24) is 0 Å². The Kier molecular flexibility index (Phi) is 14.1. The van der Waals surface area contributed by atoms with Gasteiger partial charge < -0.3 is 0 Å². The predicted octanol–water partition coefficient (Wildman–Crippen LogP) is 12.0. The van der Waals surface area contributed by atoms with Crippen molar-refractivity contribution in [3.63, 3.8) is 0 Å². The third kappa shape index (κ3) is 8.70. The van der Waals surface area contributed by atoms with Gasteiger partial charge in [-0.1, -0.05) is 35.4 Å². The Morgan fingerprint density at radius 1 is 0.521 bits per heavy atom. The Hall–Kier alpha value is -2.73. The molecule has 0 bridgehead atoms. The number of hydrogen-bond acceptors (Lipinski definition) is 0. The first-order valence-electron chi connectivity index (χ1n) is 18.2. The minimum absolute atomic E-state index is 1.08. The molecule has 0 unspecified atom stereocenters. The molecule has 0 radical (unpaired) electrons. The average Bonchev–Trinajstić information content (AvgIpc) is 3.83. The normalized spacial score (nSPS) is 11.5. The van der Waals surface area contributed by atoms with Gasteiger partial charge in [-0.3, -0.25) is 0 Å². The van der Waals surface area contributed by atoms with E-state index in [4.69, 9.17) is 0 Å². The van der Waals surface area contributed by atoms with Crippen LogP contribution in [0.1, 0.15) is 63.8 Å². The minimum atomic E-state index is -1.27. The third-order valence-corrected chi connectivity index (χ3v) is 24.5. The van der Waals surface area contributed by atoms with Gasteiger partial charge in [0.05, 0.1) is 0 Å². The van der Waals surface area contributed by atoms with Gasteiger partial charge in [0, 0.05) is 0 Å². The summed E-state index contributed by atoms with van der Waals surface area (Å²) < 4.78 is 1.53. The zero-order valence-electron chi connectivity index (χ0n) is 30.8. The van der Waals surface area contributed by atoms with Gasteiger partial charge in [-0.25, -0.2) is 12.1 Å². The first-order valence-corrected chi connectivity index (χ1v) is 25.3. The topological polar surface area (TPSA) is 0 Å². The van der Waals surface area contributed by atoms with Crippen molar-refractivity contribution in [3.05, 3.63) is 144 Å². The fraction of sp³-hybridized carbons (Fsp3) is 0.311. The second-order valence-electron chi connectivity index (χ2n) is 13.5. The number of hydrogen-bond donors (Lipinski definition) is 0.